The average Bonchev–Trinajstić information content (AvgIpc) is 3.13. The van der Waals surface area contributed by atoms with E-state index in [0.29, 0.717) is 5.56 Å². The number of unbranched alkanes of at least 4 members (excludes halogenated alkanes) is 1. The normalized spacial score (nSPS) is 11.1. The molecule has 0 atom stereocenters. The lowest BCUT2D eigenvalue weighted by Gasteiger charge is -2.14. The third-order valence-corrected chi connectivity index (χ3v) is 5.41. The van der Waals surface area contributed by atoms with E-state index in [1.54, 1.807) is 0 Å². The lowest BCUT2D eigenvalue weighted by Crippen LogP contribution is -2.30. The molecule has 29 heavy (non-hydrogen) atoms. The Hall–Kier alpha value is -3.36. The lowest BCUT2D eigenvalue weighted by atomic mass is 9.97. The first-order valence-electron chi connectivity index (χ1n) is 10.0. The van der Waals surface area contributed by atoms with Crippen molar-refractivity contribution in [3.8, 4) is 6.07 Å². The highest BCUT2D eigenvalue weighted by Gasteiger charge is 2.25. The molecule has 4 aromatic rings. The second-order valence-corrected chi connectivity index (χ2v) is 7.28. The molecule has 2 aromatic heterocycles. The molecule has 0 aliphatic rings. The zero-order valence-corrected chi connectivity index (χ0v) is 16.6. The van der Waals surface area contributed by atoms with Crippen molar-refractivity contribution in [3.05, 3.63) is 76.9 Å². The molecule has 2 heterocycles. The van der Waals surface area contributed by atoms with Crippen LogP contribution in [-0.4, -0.2) is 23.2 Å². The molecule has 0 aliphatic heterocycles. The third kappa shape index (κ3) is 3.55. The summed E-state index contributed by atoms with van der Waals surface area (Å²) in [6.45, 7) is 2.98. The molecule has 0 spiro atoms. The summed E-state index contributed by atoms with van der Waals surface area (Å²) in [6, 6.07) is 20.9. The molecule has 0 unspecified atom stereocenters. The van der Waals surface area contributed by atoms with Crippen LogP contribution in [-0.2, 0) is 6.42 Å². The predicted octanol–water partition coefficient (Wildman–Crippen LogP) is 3.86. The predicted molar refractivity (Wildman–Crippen MR) is 115 cm³/mol. The molecule has 3 N–H and O–H groups in total. The Morgan fingerprint density at radius 3 is 2.59 bits per heavy atom. The third-order valence-electron chi connectivity index (χ3n) is 5.41. The van der Waals surface area contributed by atoms with Gasteiger partial charge in [0.1, 0.15) is 22.7 Å². The summed E-state index contributed by atoms with van der Waals surface area (Å²) in [5.41, 5.74) is 6.85. The number of aliphatic hydroxyl groups is 1. The van der Waals surface area contributed by atoms with E-state index in [1.807, 2.05) is 43.3 Å². The molecule has 0 fully saturated rings. The molecule has 4 rings (SSSR count). The number of benzene rings is 2. The van der Waals surface area contributed by atoms with Crippen molar-refractivity contribution in [2.24, 2.45) is 0 Å². The standard InChI is InChI=1S/C24H24N4O/c1-17-19(15-18-9-3-2-4-10-18)23(26-13-7-8-14-29)28-22-12-6-5-11-21(22)27-24(28)20(17)16-25/h2-6,9-12,29H,7-8,13-15H2,1H3,(H,26,27)/p+1. The van der Waals surface area contributed by atoms with E-state index in [4.69, 9.17) is 5.11 Å². The zero-order chi connectivity index (χ0) is 20.2. The monoisotopic (exact) mass is 385 g/mol. The summed E-state index contributed by atoms with van der Waals surface area (Å²) in [5, 5.41) is 22.7. The average molecular weight is 385 g/mol. The largest absolute Gasteiger partial charge is 0.396 e. The van der Waals surface area contributed by atoms with E-state index in [1.165, 1.54) is 5.56 Å². The highest BCUT2D eigenvalue weighted by atomic mass is 16.2. The molecule has 5 heteroatoms. The van der Waals surface area contributed by atoms with Crippen LogP contribution in [0.4, 0.5) is 5.82 Å². The quantitative estimate of drug-likeness (QED) is 0.334. The number of pyridine rings is 1. The first-order valence-corrected chi connectivity index (χ1v) is 10.0. The maximum atomic E-state index is 9.94. The minimum Gasteiger partial charge on any atom is -0.396 e. The van der Waals surface area contributed by atoms with Gasteiger partial charge in [-0.2, -0.15) is 9.66 Å². The smallest absolute Gasteiger partial charge is 0.250 e. The van der Waals surface area contributed by atoms with Crippen molar-refractivity contribution in [2.75, 3.05) is 18.5 Å². The van der Waals surface area contributed by atoms with Gasteiger partial charge < -0.3 is 10.4 Å². The zero-order valence-electron chi connectivity index (χ0n) is 16.6. The van der Waals surface area contributed by atoms with Gasteiger partial charge in [-0.1, -0.05) is 42.5 Å². The molecule has 0 saturated carbocycles. The number of aromatic nitrogens is 2. The minimum absolute atomic E-state index is 0.195. The van der Waals surface area contributed by atoms with Gasteiger partial charge in [0, 0.05) is 18.6 Å². The van der Waals surface area contributed by atoms with E-state index < -0.39 is 0 Å². The van der Waals surface area contributed by atoms with E-state index in [-0.39, 0.29) is 6.61 Å². The fourth-order valence-electron chi connectivity index (χ4n) is 3.91. The molecular weight excluding hydrogens is 360 g/mol. The van der Waals surface area contributed by atoms with Gasteiger partial charge in [0.05, 0.1) is 6.54 Å². The van der Waals surface area contributed by atoms with Crippen LogP contribution in [0.3, 0.4) is 0 Å². The number of H-pyrrole nitrogens is 1. The number of hydrogen-bond donors (Lipinski definition) is 3. The molecule has 0 bridgehead atoms. The number of rotatable bonds is 7. The van der Waals surface area contributed by atoms with Gasteiger partial charge in [0.25, 0.3) is 0 Å². The second-order valence-electron chi connectivity index (χ2n) is 7.28. The van der Waals surface area contributed by atoms with Gasteiger partial charge in [-0.25, -0.2) is 0 Å². The van der Waals surface area contributed by atoms with Crippen LogP contribution in [0.2, 0.25) is 0 Å². The molecule has 5 nitrogen and oxygen atoms in total. The first kappa shape index (κ1) is 19.0. The number of aliphatic hydroxyl groups excluding tert-OH is 1. The molecule has 0 radical (unpaired) electrons. The Morgan fingerprint density at radius 1 is 1.07 bits per heavy atom. The van der Waals surface area contributed by atoms with Gasteiger partial charge in [-0.15, -0.1) is 0 Å². The van der Waals surface area contributed by atoms with Crippen molar-refractivity contribution in [3.63, 3.8) is 0 Å². The molecule has 146 valence electrons. The molecule has 0 saturated heterocycles. The number of nitriles is 1. The highest BCUT2D eigenvalue weighted by molar-refractivity contribution is 5.78. The van der Waals surface area contributed by atoms with E-state index in [0.717, 1.165) is 59.4 Å². The van der Waals surface area contributed by atoms with Crippen LogP contribution in [0, 0.1) is 18.3 Å². The minimum atomic E-state index is 0.195. The van der Waals surface area contributed by atoms with E-state index in [9.17, 15) is 5.26 Å². The Bertz CT molecular complexity index is 1190. The Labute approximate surface area is 170 Å². The summed E-state index contributed by atoms with van der Waals surface area (Å²) < 4.78 is 2.14. The molecule has 2 aromatic carbocycles. The molecule has 0 amide bonds. The highest BCUT2D eigenvalue weighted by Crippen LogP contribution is 2.27. The fraction of sp³-hybridized carbons (Fsp3) is 0.250. The number of hydrogen-bond acceptors (Lipinski definition) is 3. The van der Waals surface area contributed by atoms with E-state index in [2.05, 4.69) is 39.0 Å². The van der Waals surface area contributed by atoms with Gasteiger partial charge >= 0.3 is 0 Å². The van der Waals surface area contributed by atoms with Crippen LogP contribution in [0.1, 0.15) is 35.1 Å². The summed E-state index contributed by atoms with van der Waals surface area (Å²) in [5.74, 6) is 1.01. The fourth-order valence-corrected chi connectivity index (χ4v) is 3.91. The van der Waals surface area contributed by atoms with Crippen LogP contribution in [0.15, 0.2) is 54.6 Å². The number of para-hydroxylation sites is 2. The summed E-state index contributed by atoms with van der Waals surface area (Å²) in [4.78, 5) is 3.43. The lowest BCUT2D eigenvalue weighted by molar-refractivity contribution is -0.465. The van der Waals surface area contributed by atoms with Crippen molar-refractivity contribution in [2.45, 2.75) is 26.2 Å². The number of nitrogens with zero attached hydrogens (tertiary/aromatic N) is 2. The van der Waals surface area contributed by atoms with Crippen molar-refractivity contribution in [1.29, 1.82) is 5.26 Å². The van der Waals surface area contributed by atoms with Gasteiger partial charge in [0.15, 0.2) is 0 Å². The van der Waals surface area contributed by atoms with Crippen molar-refractivity contribution < 1.29 is 9.51 Å². The first-order chi connectivity index (χ1) is 14.2. The number of imidazole rings is 1. The van der Waals surface area contributed by atoms with Crippen molar-refractivity contribution in [1.82, 2.24) is 4.98 Å². The van der Waals surface area contributed by atoms with Crippen LogP contribution < -0.4 is 9.72 Å². The van der Waals surface area contributed by atoms with Gasteiger partial charge in [-0.3, -0.25) is 4.98 Å². The maximum Gasteiger partial charge on any atom is 0.250 e. The Kier molecular flexibility index (Phi) is 5.46. The summed E-state index contributed by atoms with van der Waals surface area (Å²) >= 11 is 0. The summed E-state index contributed by atoms with van der Waals surface area (Å²) in [7, 11) is 0. The molecular formula is C24H25N4O+. The Balaban J connectivity index is 1.96. The number of fused-ring (bicyclic) bond motifs is 3. The topological polar surface area (TPSA) is 75.9 Å². The Morgan fingerprint density at radius 2 is 1.83 bits per heavy atom. The van der Waals surface area contributed by atoms with Crippen LogP contribution >= 0.6 is 0 Å². The second kappa shape index (κ2) is 8.34. The van der Waals surface area contributed by atoms with Crippen LogP contribution in [0.5, 0.6) is 0 Å². The van der Waals surface area contributed by atoms with Crippen LogP contribution in [0.25, 0.3) is 16.7 Å². The SMILES string of the molecule is Cc1c(Cc2ccccc2)c(NCCCCO)[n+]2c([nH]c3ccccc32)c1C#N. The van der Waals surface area contributed by atoms with Crippen molar-refractivity contribution >= 4 is 22.5 Å². The number of anilines is 1. The number of aromatic amines is 1. The summed E-state index contributed by atoms with van der Waals surface area (Å²) in [6.07, 6.45) is 2.38. The maximum absolute atomic E-state index is 9.94. The van der Waals surface area contributed by atoms with Gasteiger partial charge in [-0.05, 0) is 43.0 Å². The van der Waals surface area contributed by atoms with Gasteiger partial charge in [0.2, 0.25) is 11.5 Å². The van der Waals surface area contributed by atoms with E-state index >= 15 is 0 Å². The number of nitrogens with one attached hydrogen (secondary N) is 2. The molecule has 0 aliphatic carbocycles.